The second-order valence-electron chi connectivity index (χ2n) is 12.1. The van der Waals surface area contributed by atoms with E-state index in [1.165, 1.54) is 55.6 Å². The third kappa shape index (κ3) is 6.94. The molecule has 0 saturated carbocycles. The van der Waals surface area contributed by atoms with Crippen LogP contribution in [0.2, 0.25) is 10.0 Å². The molecule has 242 valence electrons. The molecule has 1 heterocycles. The quantitative estimate of drug-likeness (QED) is 0.219. The number of hydrogen-bond donors (Lipinski definition) is 3. The van der Waals surface area contributed by atoms with Gasteiger partial charge in [0.25, 0.3) is 0 Å². The summed E-state index contributed by atoms with van der Waals surface area (Å²) in [5.74, 6) is -5.90. The highest BCUT2D eigenvalue weighted by atomic mass is 35.5. The predicted molar refractivity (Wildman–Crippen MR) is 167 cm³/mol. The molecule has 9 nitrogen and oxygen atoms in total. The van der Waals surface area contributed by atoms with Gasteiger partial charge in [0, 0.05) is 22.5 Å². The Kier molecular flexibility index (Phi) is 10.3. The first-order valence-corrected chi connectivity index (χ1v) is 14.8. The van der Waals surface area contributed by atoms with Crippen molar-refractivity contribution < 1.29 is 37.7 Å². The van der Waals surface area contributed by atoms with Crippen LogP contribution in [-0.2, 0) is 19.7 Å². The van der Waals surface area contributed by atoms with E-state index in [1.54, 1.807) is 0 Å². The number of ether oxygens (including phenoxy) is 2. The van der Waals surface area contributed by atoms with E-state index in [2.05, 4.69) is 16.7 Å². The molecule has 3 aromatic carbocycles. The number of rotatable bonds is 9. The maximum absolute atomic E-state index is 15.9. The van der Waals surface area contributed by atoms with Crippen molar-refractivity contribution in [1.82, 2.24) is 5.32 Å². The number of hydrogen-bond acceptors (Lipinski definition) is 7. The summed E-state index contributed by atoms with van der Waals surface area (Å²) in [5.41, 5.74) is -2.33. The lowest BCUT2D eigenvalue weighted by Crippen LogP contribution is -2.45. The smallest absolute Gasteiger partial charge is 0.341 e. The van der Waals surface area contributed by atoms with Crippen LogP contribution in [0.25, 0.3) is 0 Å². The molecule has 13 heteroatoms. The highest BCUT2D eigenvalue weighted by molar-refractivity contribution is 6.31. The second kappa shape index (κ2) is 13.6. The summed E-state index contributed by atoms with van der Waals surface area (Å²) in [4.78, 5) is 37.3. The first-order chi connectivity index (χ1) is 21.6. The van der Waals surface area contributed by atoms with Crippen LogP contribution in [0, 0.1) is 28.4 Å². The summed E-state index contributed by atoms with van der Waals surface area (Å²) in [5, 5.41) is 25.6. The van der Waals surface area contributed by atoms with Gasteiger partial charge >= 0.3 is 11.9 Å². The Hall–Kier alpha value is -4.24. The van der Waals surface area contributed by atoms with Crippen molar-refractivity contribution in [2.75, 3.05) is 19.0 Å². The summed E-state index contributed by atoms with van der Waals surface area (Å²) in [7, 11) is 1.29. The van der Waals surface area contributed by atoms with Gasteiger partial charge in [0.05, 0.1) is 35.5 Å². The fraction of sp³-hybridized carbons (Fsp3) is 0.333. The summed E-state index contributed by atoms with van der Waals surface area (Å²) in [6.07, 6.45) is 0.279. The molecule has 1 saturated heterocycles. The number of nitriles is 1. The van der Waals surface area contributed by atoms with Gasteiger partial charge in [-0.1, -0.05) is 62.2 Å². The molecule has 0 bridgehead atoms. The first-order valence-electron chi connectivity index (χ1n) is 14.1. The molecule has 1 fully saturated rings. The normalized spacial score (nSPS) is 20.9. The van der Waals surface area contributed by atoms with Crippen molar-refractivity contribution in [2.24, 2.45) is 5.41 Å². The highest BCUT2D eigenvalue weighted by Gasteiger charge is 2.61. The predicted octanol–water partition coefficient (Wildman–Crippen LogP) is 6.48. The van der Waals surface area contributed by atoms with E-state index in [0.717, 1.165) is 6.07 Å². The van der Waals surface area contributed by atoms with Gasteiger partial charge in [0.15, 0.2) is 6.61 Å². The molecule has 3 aromatic rings. The molecule has 1 aliphatic rings. The summed E-state index contributed by atoms with van der Waals surface area (Å²) >= 11 is 12.3. The van der Waals surface area contributed by atoms with Crippen molar-refractivity contribution >= 4 is 46.7 Å². The van der Waals surface area contributed by atoms with Crippen molar-refractivity contribution in [2.45, 2.75) is 50.6 Å². The number of esters is 1. The molecule has 4 atom stereocenters. The topological polar surface area (TPSA) is 138 Å². The lowest BCUT2D eigenvalue weighted by molar-refractivity contribution is -0.140. The Balaban J connectivity index is 1.86. The average Bonchev–Trinajstić information content (AvgIpc) is 3.30. The molecule has 46 heavy (non-hydrogen) atoms. The first kappa shape index (κ1) is 34.6. The van der Waals surface area contributed by atoms with Gasteiger partial charge in [-0.05, 0) is 53.8 Å². The minimum atomic E-state index is -1.82. The van der Waals surface area contributed by atoms with Crippen LogP contribution >= 0.6 is 23.2 Å². The minimum Gasteiger partial charge on any atom is -0.495 e. The van der Waals surface area contributed by atoms with Crippen LogP contribution < -0.4 is 15.4 Å². The third-order valence-electron chi connectivity index (χ3n) is 7.75. The molecule has 0 radical (unpaired) electrons. The molecular weight excluding hydrogens is 643 g/mol. The van der Waals surface area contributed by atoms with E-state index in [0.29, 0.717) is 0 Å². The Labute approximate surface area is 274 Å². The minimum absolute atomic E-state index is 0.0307. The zero-order chi connectivity index (χ0) is 34.0. The molecule has 2 unspecified atom stereocenters. The maximum Gasteiger partial charge on any atom is 0.341 e. The fourth-order valence-electron chi connectivity index (χ4n) is 5.90. The molecular formula is C33H31Cl2F2N3O6. The number of carbonyl (C=O) groups is 3. The third-order valence-corrected chi connectivity index (χ3v) is 8.28. The number of benzene rings is 3. The van der Waals surface area contributed by atoms with Gasteiger partial charge in [0.2, 0.25) is 5.91 Å². The fourth-order valence-corrected chi connectivity index (χ4v) is 6.24. The van der Waals surface area contributed by atoms with Crippen LogP contribution in [-0.4, -0.2) is 48.8 Å². The molecule has 0 spiro atoms. The molecule has 1 aliphatic heterocycles. The number of methoxy groups -OCH3 is 1. The Bertz CT molecular complexity index is 1720. The standard InChI is InChI=1S/C33H31Cl2F2N3O6/c1-32(2,3)14-25-33(16-38,20-10-9-18(34)13-22(20)36)27(19-6-5-7-21(35)28(19)37)29(40-25)30(43)39-23-11-8-17(12-24(23)45-4)31(44)46-15-26(41)42/h5-13,25,27,29,40H,14-15H2,1-4H3,(H,39,43)(H,41,42)/t25?,27?,29-,33+/m1/s1. The van der Waals surface area contributed by atoms with E-state index in [4.69, 9.17) is 37.8 Å². The molecule has 0 aromatic heterocycles. The van der Waals surface area contributed by atoms with Gasteiger partial charge in [-0.15, -0.1) is 0 Å². The van der Waals surface area contributed by atoms with E-state index >= 15 is 8.78 Å². The molecule has 4 rings (SSSR count). The largest absolute Gasteiger partial charge is 0.495 e. The number of carbonyl (C=O) groups excluding carboxylic acids is 2. The maximum atomic E-state index is 15.9. The number of nitrogens with one attached hydrogen (secondary N) is 2. The Morgan fingerprint density at radius 1 is 1.11 bits per heavy atom. The SMILES string of the molecule is COc1cc(C(=O)OCC(=O)O)ccc1NC(=O)[C@@H]1NC(CC(C)(C)C)[C@](C#N)(c2ccc(Cl)cc2F)C1c1cccc(Cl)c1F. The van der Waals surface area contributed by atoms with Crippen LogP contribution in [0.3, 0.4) is 0 Å². The number of halogens is 4. The number of carboxylic acids is 1. The molecule has 0 aliphatic carbocycles. The summed E-state index contributed by atoms with van der Waals surface area (Å²) in [6, 6.07) is 12.1. The average molecular weight is 675 g/mol. The number of nitrogens with zero attached hydrogens (tertiary/aromatic N) is 1. The highest BCUT2D eigenvalue weighted by Crippen LogP contribution is 2.53. The van der Waals surface area contributed by atoms with Crippen molar-refractivity contribution in [1.29, 1.82) is 5.26 Å². The van der Waals surface area contributed by atoms with Crippen LogP contribution in [0.4, 0.5) is 14.5 Å². The Morgan fingerprint density at radius 3 is 2.43 bits per heavy atom. The van der Waals surface area contributed by atoms with Gasteiger partial charge in [-0.25, -0.2) is 18.4 Å². The van der Waals surface area contributed by atoms with Gasteiger partial charge in [0.1, 0.15) is 22.8 Å². The summed E-state index contributed by atoms with van der Waals surface area (Å²) < 4.78 is 41.8. The number of anilines is 1. The van der Waals surface area contributed by atoms with Crippen LogP contribution in [0.15, 0.2) is 54.6 Å². The number of carboxylic acid groups (broad SMARTS) is 1. The zero-order valence-electron chi connectivity index (χ0n) is 25.3. The number of amides is 1. The van der Waals surface area contributed by atoms with E-state index in [1.807, 2.05) is 20.8 Å². The molecule has 3 N–H and O–H groups in total. The van der Waals surface area contributed by atoms with Crippen molar-refractivity contribution in [3.8, 4) is 11.8 Å². The monoisotopic (exact) mass is 673 g/mol. The Morgan fingerprint density at radius 2 is 1.83 bits per heavy atom. The lowest BCUT2D eigenvalue weighted by atomic mass is 9.62. The van der Waals surface area contributed by atoms with Crippen molar-refractivity contribution in [3.05, 3.63) is 93.0 Å². The number of aliphatic carboxylic acids is 1. The van der Waals surface area contributed by atoms with Gasteiger partial charge in [-0.3, -0.25) is 4.79 Å². The lowest BCUT2D eigenvalue weighted by Gasteiger charge is -2.37. The van der Waals surface area contributed by atoms with Gasteiger partial charge < -0.3 is 25.2 Å². The van der Waals surface area contributed by atoms with E-state index in [9.17, 15) is 19.6 Å². The molecule has 1 amide bonds. The van der Waals surface area contributed by atoms with Crippen LogP contribution in [0.1, 0.15) is 54.6 Å². The van der Waals surface area contributed by atoms with Crippen molar-refractivity contribution in [3.63, 3.8) is 0 Å². The second-order valence-corrected chi connectivity index (χ2v) is 12.9. The summed E-state index contributed by atoms with van der Waals surface area (Å²) in [6.45, 7) is 4.92. The van der Waals surface area contributed by atoms with Gasteiger partial charge in [-0.2, -0.15) is 5.26 Å². The zero-order valence-corrected chi connectivity index (χ0v) is 26.8. The van der Waals surface area contributed by atoms with Crippen LogP contribution in [0.5, 0.6) is 5.75 Å². The van der Waals surface area contributed by atoms with E-state index < -0.39 is 64.9 Å². The van der Waals surface area contributed by atoms with E-state index in [-0.39, 0.29) is 44.6 Å².